The summed E-state index contributed by atoms with van der Waals surface area (Å²) in [7, 11) is -3.74. The molecule has 0 fully saturated rings. The number of rotatable bonds is 10. The van der Waals surface area contributed by atoms with E-state index in [-0.39, 0.29) is 18.3 Å². The Kier molecular flexibility index (Phi) is 6.82. The number of nitrogens with one attached hydrogen (secondary N) is 2. The molecular formula is C25H27N9O2S. The summed E-state index contributed by atoms with van der Waals surface area (Å²) in [6.07, 6.45) is 2.95. The summed E-state index contributed by atoms with van der Waals surface area (Å²) < 4.78 is 28.6. The van der Waals surface area contributed by atoms with Gasteiger partial charge in [-0.05, 0) is 19.4 Å². The van der Waals surface area contributed by atoms with Crippen molar-refractivity contribution in [2.24, 2.45) is 0 Å². The highest BCUT2D eigenvalue weighted by atomic mass is 32.2. The van der Waals surface area contributed by atoms with E-state index in [9.17, 15) is 8.42 Å². The first-order chi connectivity index (χ1) is 17.9. The Labute approximate surface area is 214 Å². The topological polar surface area (TPSA) is 133 Å². The lowest BCUT2D eigenvalue weighted by molar-refractivity contribution is 0.580. The van der Waals surface area contributed by atoms with Crippen LogP contribution in [-0.2, 0) is 16.6 Å². The van der Waals surface area contributed by atoms with E-state index in [4.69, 9.17) is 0 Å². The van der Waals surface area contributed by atoms with Gasteiger partial charge in [-0.3, -0.25) is 0 Å². The van der Waals surface area contributed by atoms with Crippen molar-refractivity contribution in [2.45, 2.75) is 26.4 Å². The van der Waals surface area contributed by atoms with Gasteiger partial charge in [-0.15, -0.1) is 9.19 Å². The van der Waals surface area contributed by atoms with Gasteiger partial charge in [-0.25, -0.2) is 18.4 Å². The average Bonchev–Trinajstić information content (AvgIpc) is 3.57. The Morgan fingerprint density at radius 2 is 1.62 bits per heavy atom. The van der Waals surface area contributed by atoms with Crippen LogP contribution in [0.5, 0.6) is 0 Å². The van der Waals surface area contributed by atoms with Crippen molar-refractivity contribution in [2.75, 3.05) is 22.9 Å². The molecule has 0 aliphatic carbocycles. The molecule has 0 aliphatic rings. The van der Waals surface area contributed by atoms with E-state index in [1.54, 1.807) is 6.33 Å². The van der Waals surface area contributed by atoms with Crippen LogP contribution in [0.1, 0.15) is 25.5 Å². The van der Waals surface area contributed by atoms with Crippen LogP contribution < -0.4 is 10.6 Å². The van der Waals surface area contributed by atoms with Crippen LogP contribution in [0.4, 0.5) is 11.8 Å². The second-order valence-electron chi connectivity index (χ2n) is 8.70. The zero-order valence-corrected chi connectivity index (χ0v) is 21.3. The van der Waals surface area contributed by atoms with Crippen molar-refractivity contribution in [3.63, 3.8) is 0 Å². The molecule has 12 heteroatoms. The SMILES string of the molecule is CC(C)n1cnc2c(NCc3ccccc3)nc(NCCS(=O)(=O)n3cnc(-c4ccccc4)n3)nc21. The van der Waals surface area contributed by atoms with Gasteiger partial charge in [-0.1, -0.05) is 60.7 Å². The van der Waals surface area contributed by atoms with Crippen LogP contribution >= 0.6 is 0 Å². The molecular weight excluding hydrogens is 490 g/mol. The van der Waals surface area contributed by atoms with Crippen LogP contribution in [0, 0.1) is 0 Å². The minimum absolute atomic E-state index is 0.0856. The van der Waals surface area contributed by atoms with E-state index in [2.05, 4.69) is 35.7 Å². The fraction of sp³-hybridized carbons (Fsp3) is 0.240. The number of imidazole rings is 1. The molecule has 3 heterocycles. The Balaban J connectivity index is 1.33. The van der Waals surface area contributed by atoms with Gasteiger partial charge in [-0.2, -0.15) is 9.97 Å². The lowest BCUT2D eigenvalue weighted by atomic mass is 10.2. The van der Waals surface area contributed by atoms with E-state index in [1.807, 2.05) is 79.1 Å². The van der Waals surface area contributed by atoms with E-state index >= 15 is 0 Å². The van der Waals surface area contributed by atoms with E-state index in [0.717, 1.165) is 15.2 Å². The molecule has 0 amide bonds. The van der Waals surface area contributed by atoms with Crippen LogP contribution in [0.25, 0.3) is 22.6 Å². The van der Waals surface area contributed by atoms with Crippen molar-refractivity contribution >= 4 is 33.0 Å². The largest absolute Gasteiger partial charge is 0.364 e. The molecule has 5 rings (SSSR count). The minimum Gasteiger partial charge on any atom is -0.364 e. The smallest absolute Gasteiger partial charge is 0.256 e. The molecule has 0 bridgehead atoms. The van der Waals surface area contributed by atoms with Gasteiger partial charge in [0.1, 0.15) is 6.33 Å². The van der Waals surface area contributed by atoms with Gasteiger partial charge in [0.15, 0.2) is 22.8 Å². The van der Waals surface area contributed by atoms with Crippen LogP contribution in [0.3, 0.4) is 0 Å². The minimum atomic E-state index is -3.74. The number of benzene rings is 2. The number of fused-ring (bicyclic) bond motifs is 1. The lowest BCUT2D eigenvalue weighted by Crippen LogP contribution is -2.23. The number of aromatic nitrogens is 7. The van der Waals surface area contributed by atoms with Gasteiger partial charge in [0.2, 0.25) is 5.95 Å². The van der Waals surface area contributed by atoms with Crippen molar-refractivity contribution in [1.29, 1.82) is 0 Å². The first kappa shape index (κ1) is 24.4. The third-order valence-corrected chi connectivity index (χ3v) is 7.18. The lowest BCUT2D eigenvalue weighted by Gasteiger charge is -2.12. The number of anilines is 2. The fourth-order valence-electron chi connectivity index (χ4n) is 3.77. The molecule has 190 valence electrons. The Morgan fingerprint density at radius 1 is 0.892 bits per heavy atom. The first-order valence-corrected chi connectivity index (χ1v) is 13.5. The number of hydrogen-bond acceptors (Lipinski definition) is 9. The molecule has 11 nitrogen and oxygen atoms in total. The van der Waals surface area contributed by atoms with E-state index < -0.39 is 10.0 Å². The molecule has 2 N–H and O–H groups in total. The molecule has 0 unspecified atom stereocenters. The first-order valence-electron chi connectivity index (χ1n) is 11.9. The Hall–Kier alpha value is -4.32. The second kappa shape index (κ2) is 10.3. The van der Waals surface area contributed by atoms with Gasteiger partial charge in [0, 0.05) is 24.7 Å². The maximum Gasteiger partial charge on any atom is 0.256 e. The highest BCUT2D eigenvalue weighted by Gasteiger charge is 2.18. The molecule has 0 saturated carbocycles. The summed E-state index contributed by atoms with van der Waals surface area (Å²) in [6.45, 7) is 4.73. The van der Waals surface area contributed by atoms with Crippen molar-refractivity contribution in [3.05, 3.63) is 78.9 Å². The van der Waals surface area contributed by atoms with Crippen molar-refractivity contribution < 1.29 is 8.42 Å². The molecule has 5 aromatic rings. The molecule has 0 aliphatic heterocycles. The van der Waals surface area contributed by atoms with Gasteiger partial charge in [0.05, 0.1) is 12.1 Å². The Bertz CT molecular complexity index is 1600. The van der Waals surface area contributed by atoms with Gasteiger partial charge >= 0.3 is 0 Å². The van der Waals surface area contributed by atoms with Crippen molar-refractivity contribution in [1.82, 2.24) is 33.7 Å². The number of nitrogens with zero attached hydrogens (tertiary/aromatic N) is 7. The average molecular weight is 518 g/mol. The van der Waals surface area contributed by atoms with Gasteiger partial charge in [0.25, 0.3) is 10.0 Å². The highest BCUT2D eigenvalue weighted by molar-refractivity contribution is 7.89. The fourth-order valence-corrected chi connectivity index (χ4v) is 4.71. The van der Waals surface area contributed by atoms with E-state index in [1.165, 1.54) is 6.33 Å². The zero-order chi connectivity index (χ0) is 25.8. The molecule has 0 radical (unpaired) electrons. The molecule has 2 aromatic carbocycles. The van der Waals surface area contributed by atoms with Crippen LogP contribution in [0.2, 0.25) is 0 Å². The number of hydrogen-bond donors (Lipinski definition) is 2. The highest BCUT2D eigenvalue weighted by Crippen LogP contribution is 2.24. The predicted octanol–water partition coefficient (Wildman–Crippen LogP) is 3.57. The monoisotopic (exact) mass is 517 g/mol. The standard InChI is InChI=1S/C25H27N9O2S/c1-18(2)33-16-28-21-23(27-15-19-9-5-3-6-10-19)30-25(31-24(21)33)26-13-14-37(35,36)34-17-29-22(32-34)20-11-7-4-8-12-20/h3-12,16-18H,13-15H2,1-2H3,(H2,26,27,30,31). The summed E-state index contributed by atoms with van der Waals surface area (Å²) in [6, 6.07) is 19.3. The molecule has 0 spiro atoms. The maximum atomic E-state index is 12.9. The summed E-state index contributed by atoms with van der Waals surface area (Å²) in [5.41, 5.74) is 3.16. The summed E-state index contributed by atoms with van der Waals surface area (Å²) in [5.74, 6) is 1.01. The summed E-state index contributed by atoms with van der Waals surface area (Å²) in [4.78, 5) is 17.9. The zero-order valence-electron chi connectivity index (χ0n) is 20.5. The maximum absolute atomic E-state index is 12.9. The molecule has 0 saturated heterocycles. The predicted molar refractivity (Wildman–Crippen MR) is 143 cm³/mol. The van der Waals surface area contributed by atoms with Crippen molar-refractivity contribution in [3.8, 4) is 11.4 Å². The quantitative estimate of drug-likeness (QED) is 0.285. The van der Waals surface area contributed by atoms with Crippen LogP contribution in [0.15, 0.2) is 73.3 Å². The third kappa shape index (κ3) is 5.43. The van der Waals surface area contributed by atoms with Crippen LogP contribution in [-0.4, -0.2) is 54.4 Å². The molecule has 37 heavy (non-hydrogen) atoms. The second-order valence-corrected chi connectivity index (χ2v) is 10.6. The third-order valence-electron chi connectivity index (χ3n) is 5.71. The van der Waals surface area contributed by atoms with Gasteiger partial charge < -0.3 is 15.2 Å². The molecule has 0 atom stereocenters. The Morgan fingerprint density at radius 3 is 2.35 bits per heavy atom. The van der Waals surface area contributed by atoms with E-state index in [0.29, 0.717) is 35.3 Å². The molecule has 3 aromatic heterocycles. The summed E-state index contributed by atoms with van der Waals surface area (Å²) >= 11 is 0. The normalized spacial score (nSPS) is 11.8. The summed E-state index contributed by atoms with van der Waals surface area (Å²) in [5, 5.41) is 10.5.